The Kier molecular flexibility index (Phi) is 2.93. The fraction of sp³-hybridized carbons (Fsp3) is 0.250. The molecule has 1 amide bonds. The van der Waals surface area contributed by atoms with E-state index >= 15 is 0 Å². The molecule has 3 rings (SSSR count). The van der Waals surface area contributed by atoms with Gasteiger partial charge in [-0.15, -0.1) is 0 Å². The average Bonchev–Trinajstić information content (AvgIpc) is 2.88. The van der Waals surface area contributed by atoms with Crippen LogP contribution < -0.4 is 5.32 Å². The van der Waals surface area contributed by atoms with Crippen molar-refractivity contribution in [1.82, 2.24) is 9.97 Å². The van der Waals surface area contributed by atoms with E-state index in [1.165, 1.54) is 16.8 Å². The van der Waals surface area contributed by atoms with E-state index in [4.69, 9.17) is 0 Å². The molecular formula is C16H17N3O. The van der Waals surface area contributed by atoms with Crippen LogP contribution in [-0.2, 0) is 11.2 Å². The van der Waals surface area contributed by atoms with Gasteiger partial charge < -0.3 is 10.3 Å². The lowest BCUT2D eigenvalue weighted by Gasteiger charge is -1.98. The van der Waals surface area contributed by atoms with Gasteiger partial charge in [0.15, 0.2) is 0 Å². The number of nitrogens with one attached hydrogen (secondary N) is 2. The van der Waals surface area contributed by atoms with Crippen molar-refractivity contribution in [3.05, 3.63) is 46.5 Å². The summed E-state index contributed by atoms with van der Waals surface area (Å²) in [5.41, 5.74) is 7.10. The van der Waals surface area contributed by atoms with Crippen LogP contribution in [0.15, 0.2) is 18.5 Å². The summed E-state index contributed by atoms with van der Waals surface area (Å²) >= 11 is 0. The second kappa shape index (κ2) is 4.63. The number of aromatic nitrogens is 2. The maximum absolute atomic E-state index is 12.1. The zero-order valence-corrected chi connectivity index (χ0v) is 11.9. The highest BCUT2D eigenvalue weighted by Crippen LogP contribution is 2.33. The van der Waals surface area contributed by atoms with E-state index in [0.717, 1.165) is 23.4 Å². The summed E-state index contributed by atoms with van der Waals surface area (Å²) in [7, 11) is 0. The first-order valence-electron chi connectivity index (χ1n) is 6.77. The molecule has 0 bridgehead atoms. The first-order chi connectivity index (χ1) is 9.61. The molecule has 0 aromatic carbocycles. The minimum Gasteiger partial charge on any atom is -0.359 e. The average molecular weight is 267 g/mol. The van der Waals surface area contributed by atoms with Crippen molar-refractivity contribution < 1.29 is 4.79 Å². The largest absolute Gasteiger partial charge is 0.359 e. The van der Waals surface area contributed by atoms with E-state index in [-0.39, 0.29) is 5.91 Å². The molecule has 0 saturated carbocycles. The van der Waals surface area contributed by atoms with Gasteiger partial charge in [-0.3, -0.25) is 9.78 Å². The van der Waals surface area contributed by atoms with Gasteiger partial charge in [0.25, 0.3) is 5.91 Å². The summed E-state index contributed by atoms with van der Waals surface area (Å²) in [4.78, 5) is 19.5. The molecule has 102 valence electrons. The van der Waals surface area contributed by atoms with Crippen molar-refractivity contribution >= 4 is 23.2 Å². The molecule has 1 aliphatic heterocycles. The predicted octanol–water partition coefficient (Wildman–Crippen LogP) is 3.08. The van der Waals surface area contributed by atoms with Crippen molar-refractivity contribution in [1.29, 1.82) is 0 Å². The van der Waals surface area contributed by atoms with Gasteiger partial charge in [-0.1, -0.05) is 6.92 Å². The number of pyridine rings is 1. The Morgan fingerprint density at radius 3 is 2.85 bits per heavy atom. The van der Waals surface area contributed by atoms with Crippen LogP contribution in [-0.4, -0.2) is 15.9 Å². The van der Waals surface area contributed by atoms with Crippen molar-refractivity contribution in [2.75, 3.05) is 5.32 Å². The summed E-state index contributed by atoms with van der Waals surface area (Å²) in [5, 5.41) is 2.84. The quantitative estimate of drug-likeness (QED) is 0.821. The number of aromatic amines is 1. The first kappa shape index (κ1) is 12.7. The Labute approximate surface area is 117 Å². The molecule has 0 spiro atoms. The number of aryl methyl sites for hydroxylation is 1. The van der Waals surface area contributed by atoms with Crippen LogP contribution in [0.25, 0.3) is 11.6 Å². The van der Waals surface area contributed by atoms with E-state index in [1.807, 2.05) is 12.1 Å². The number of anilines is 1. The third-order valence-electron chi connectivity index (χ3n) is 3.88. The second-order valence-electron chi connectivity index (χ2n) is 5.05. The highest BCUT2D eigenvalue weighted by atomic mass is 16.2. The van der Waals surface area contributed by atoms with Gasteiger partial charge in [0.1, 0.15) is 0 Å². The molecule has 2 aromatic rings. The van der Waals surface area contributed by atoms with E-state index in [0.29, 0.717) is 5.57 Å². The van der Waals surface area contributed by atoms with E-state index in [1.54, 1.807) is 12.4 Å². The zero-order chi connectivity index (χ0) is 14.3. The number of fused-ring (bicyclic) bond motifs is 1. The summed E-state index contributed by atoms with van der Waals surface area (Å²) < 4.78 is 0. The molecule has 20 heavy (non-hydrogen) atoms. The smallest absolute Gasteiger partial charge is 0.256 e. The topological polar surface area (TPSA) is 57.8 Å². The number of hydrogen-bond donors (Lipinski definition) is 2. The minimum atomic E-state index is -0.0716. The SMILES string of the molecule is CCc1c(C)[nH]c(C=C2C(=O)Nc3cnccc32)c1C. The highest BCUT2D eigenvalue weighted by molar-refractivity contribution is 6.34. The number of carbonyl (C=O) groups excluding carboxylic acids is 1. The molecule has 4 nitrogen and oxygen atoms in total. The number of amides is 1. The van der Waals surface area contributed by atoms with Crippen LogP contribution in [0.3, 0.4) is 0 Å². The Balaban J connectivity index is 2.12. The van der Waals surface area contributed by atoms with Crippen LogP contribution >= 0.6 is 0 Å². The lowest BCUT2D eigenvalue weighted by molar-refractivity contribution is -0.110. The van der Waals surface area contributed by atoms with E-state index in [9.17, 15) is 4.79 Å². The number of rotatable bonds is 2. The van der Waals surface area contributed by atoms with Crippen molar-refractivity contribution in [3.8, 4) is 0 Å². The van der Waals surface area contributed by atoms with Crippen molar-refractivity contribution in [2.45, 2.75) is 27.2 Å². The van der Waals surface area contributed by atoms with Crippen molar-refractivity contribution in [3.63, 3.8) is 0 Å². The molecule has 0 radical (unpaired) electrons. The summed E-state index contributed by atoms with van der Waals surface area (Å²) in [6, 6.07) is 1.87. The fourth-order valence-corrected chi connectivity index (χ4v) is 2.82. The third-order valence-corrected chi connectivity index (χ3v) is 3.88. The van der Waals surface area contributed by atoms with E-state index in [2.05, 4.69) is 36.1 Å². The Hall–Kier alpha value is -2.36. The molecule has 1 aliphatic rings. The normalized spacial score (nSPS) is 15.6. The Morgan fingerprint density at radius 1 is 1.35 bits per heavy atom. The standard InChI is InChI=1S/C16H17N3O/c1-4-11-9(2)14(18-10(11)3)7-13-12-5-6-17-8-15(12)19-16(13)20/h5-8,18H,4H2,1-3H3,(H,19,20). The second-order valence-corrected chi connectivity index (χ2v) is 5.05. The number of hydrogen-bond acceptors (Lipinski definition) is 2. The van der Waals surface area contributed by atoms with Gasteiger partial charge in [0.2, 0.25) is 0 Å². The minimum absolute atomic E-state index is 0.0716. The fourth-order valence-electron chi connectivity index (χ4n) is 2.82. The van der Waals surface area contributed by atoms with Gasteiger partial charge in [-0.05, 0) is 43.5 Å². The first-order valence-corrected chi connectivity index (χ1v) is 6.77. The monoisotopic (exact) mass is 267 g/mol. The van der Waals surface area contributed by atoms with Gasteiger partial charge >= 0.3 is 0 Å². The number of carbonyl (C=O) groups is 1. The lowest BCUT2D eigenvalue weighted by Crippen LogP contribution is -2.03. The van der Waals surface area contributed by atoms with Gasteiger partial charge in [-0.2, -0.15) is 0 Å². The van der Waals surface area contributed by atoms with E-state index < -0.39 is 0 Å². The Morgan fingerprint density at radius 2 is 2.15 bits per heavy atom. The molecule has 0 aliphatic carbocycles. The van der Waals surface area contributed by atoms with Crippen LogP contribution in [0, 0.1) is 13.8 Å². The number of nitrogens with zero attached hydrogens (tertiary/aromatic N) is 1. The van der Waals surface area contributed by atoms with Crippen LogP contribution in [0.4, 0.5) is 5.69 Å². The van der Waals surface area contributed by atoms with Gasteiger partial charge in [-0.25, -0.2) is 0 Å². The maximum Gasteiger partial charge on any atom is 0.256 e. The number of H-pyrrole nitrogens is 1. The summed E-state index contributed by atoms with van der Waals surface area (Å²) in [6.07, 6.45) is 6.31. The molecule has 0 fully saturated rings. The third kappa shape index (κ3) is 1.84. The molecule has 4 heteroatoms. The Bertz CT molecular complexity index is 725. The molecule has 0 atom stereocenters. The van der Waals surface area contributed by atoms with Gasteiger partial charge in [0, 0.05) is 23.1 Å². The molecule has 0 saturated heterocycles. The maximum atomic E-state index is 12.1. The van der Waals surface area contributed by atoms with Crippen LogP contribution in [0.1, 0.15) is 35.0 Å². The summed E-state index contributed by atoms with van der Waals surface area (Å²) in [6.45, 7) is 6.30. The molecule has 2 N–H and O–H groups in total. The molecule has 2 aromatic heterocycles. The molecule has 3 heterocycles. The molecule has 0 unspecified atom stereocenters. The van der Waals surface area contributed by atoms with Gasteiger partial charge in [0.05, 0.1) is 17.5 Å². The zero-order valence-electron chi connectivity index (χ0n) is 11.9. The van der Waals surface area contributed by atoms with Crippen LogP contribution in [0.5, 0.6) is 0 Å². The van der Waals surface area contributed by atoms with Crippen LogP contribution in [0.2, 0.25) is 0 Å². The summed E-state index contributed by atoms with van der Waals surface area (Å²) in [5.74, 6) is -0.0716. The lowest BCUT2D eigenvalue weighted by atomic mass is 10.0. The highest BCUT2D eigenvalue weighted by Gasteiger charge is 2.24. The predicted molar refractivity (Wildman–Crippen MR) is 80.4 cm³/mol. The molecular weight excluding hydrogens is 250 g/mol. The van der Waals surface area contributed by atoms with Crippen molar-refractivity contribution in [2.24, 2.45) is 0 Å².